The van der Waals surface area contributed by atoms with Gasteiger partial charge in [-0.1, -0.05) is 43.7 Å². The van der Waals surface area contributed by atoms with Gasteiger partial charge >= 0.3 is 0 Å². The lowest BCUT2D eigenvalue weighted by atomic mass is 10.1. The van der Waals surface area contributed by atoms with Gasteiger partial charge in [-0.3, -0.25) is 0 Å². The maximum Gasteiger partial charge on any atom is 0.120 e. The van der Waals surface area contributed by atoms with Gasteiger partial charge in [-0.25, -0.2) is 0 Å². The first-order valence-corrected chi connectivity index (χ1v) is 6.19. The summed E-state index contributed by atoms with van der Waals surface area (Å²) in [7, 11) is 0. The summed E-state index contributed by atoms with van der Waals surface area (Å²) >= 11 is 0. The lowest BCUT2D eigenvalue weighted by molar-refractivity contribution is 0.198. The van der Waals surface area contributed by atoms with E-state index in [0.717, 1.165) is 18.6 Å². The van der Waals surface area contributed by atoms with E-state index in [4.69, 9.17) is 10.5 Å². The van der Waals surface area contributed by atoms with Crippen LogP contribution in [0.3, 0.4) is 0 Å². The van der Waals surface area contributed by atoms with Crippen LogP contribution < -0.4 is 10.5 Å². The minimum atomic E-state index is 0.126. The van der Waals surface area contributed by atoms with Gasteiger partial charge in [0.25, 0.3) is 0 Å². The predicted molar refractivity (Wildman–Crippen MR) is 72.3 cm³/mol. The third-order valence-electron chi connectivity index (χ3n) is 2.90. The molecule has 0 aliphatic carbocycles. The first-order chi connectivity index (χ1) is 8.33. The summed E-state index contributed by atoms with van der Waals surface area (Å²) in [4.78, 5) is 0. The van der Waals surface area contributed by atoms with Crippen LogP contribution in [0.25, 0.3) is 10.8 Å². The van der Waals surface area contributed by atoms with E-state index in [1.165, 1.54) is 10.8 Å². The predicted octanol–water partition coefficient (Wildman–Crippen LogP) is 3.35. The van der Waals surface area contributed by atoms with Crippen molar-refractivity contribution in [2.75, 3.05) is 6.54 Å². The van der Waals surface area contributed by atoms with Gasteiger partial charge < -0.3 is 10.5 Å². The number of hydrogen-bond acceptors (Lipinski definition) is 2. The highest BCUT2D eigenvalue weighted by Crippen LogP contribution is 2.21. The van der Waals surface area contributed by atoms with Crippen molar-refractivity contribution in [3.63, 3.8) is 0 Å². The SMILES string of the molecule is CCCC(CN)Oc1ccc2ccccc2c1. The molecule has 0 aliphatic rings. The summed E-state index contributed by atoms with van der Waals surface area (Å²) in [5.74, 6) is 0.910. The number of nitrogens with two attached hydrogens (primary N) is 1. The number of rotatable bonds is 5. The highest BCUT2D eigenvalue weighted by molar-refractivity contribution is 5.83. The zero-order chi connectivity index (χ0) is 12.1. The van der Waals surface area contributed by atoms with Crippen molar-refractivity contribution in [1.29, 1.82) is 0 Å². The van der Waals surface area contributed by atoms with Gasteiger partial charge in [0.2, 0.25) is 0 Å². The Morgan fingerprint density at radius 3 is 2.59 bits per heavy atom. The monoisotopic (exact) mass is 229 g/mol. The Hall–Kier alpha value is -1.54. The molecule has 0 fully saturated rings. The summed E-state index contributed by atoms with van der Waals surface area (Å²) in [6, 6.07) is 14.5. The summed E-state index contributed by atoms with van der Waals surface area (Å²) < 4.78 is 5.89. The maximum absolute atomic E-state index is 5.89. The minimum absolute atomic E-state index is 0.126. The van der Waals surface area contributed by atoms with Crippen LogP contribution in [0.5, 0.6) is 5.75 Å². The van der Waals surface area contributed by atoms with Crippen LogP contribution in [0.15, 0.2) is 42.5 Å². The van der Waals surface area contributed by atoms with Gasteiger partial charge in [0, 0.05) is 6.54 Å². The summed E-state index contributed by atoms with van der Waals surface area (Å²) in [6.45, 7) is 2.72. The van der Waals surface area contributed by atoms with Crippen molar-refractivity contribution < 1.29 is 4.74 Å². The largest absolute Gasteiger partial charge is 0.489 e. The van der Waals surface area contributed by atoms with Gasteiger partial charge in [-0.2, -0.15) is 0 Å². The van der Waals surface area contributed by atoms with Crippen LogP contribution in [0, 0.1) is 0 Å². The highest BCUT2D eigenvalue weighted by Gasteiger charge is 2.07. The van der Waals surface area contributed by atoms with Gasteiger partial charge in [-0.05, 0) is 29.3 Å². The van der Waals surface area contributed by atoms with Crippen molar-refractivity contribution in [3.05, 3.63) is 42.5 Å². The van der Waals surface area contributed by atoms with Crippen LogP contribution >= 0.6 is 0 Å². The topological polar surface area (TPSA) is 35.2 Å². The van der Waals surface area contributed by atoms with E-state index in [-0.39, 0.29) is 6.10 Å². The van der Waals surface area contributed by atoms with E-state index >= 15 is 0 Å². The molecule has 0 amide bonds. The van der Waals surface area contributed by atoms with Crippen molar-refractivity contribution in [2.24, 2.45) is 5.73 Å². The van der Waals surface area contributed by atoms with Gasteiger partial charge in [0.15, 0.2) is 0 Å². The molecule has 90 valence electrons. The summed E-state index contributed by atoms with van der Waals surface area (Å²) in [6.07, 6.45) is 2.22. The van der Waals surface area contributed by atoms with Crippen molar-refractivity contribution >= 4 is 10.8 Å². The second kappa shape index (κ2) is 5.69. The molecule has 17 heavy (non-hydrogen) atoms. The van der Waals surface area contributed by atoms with E-state index in [2.05, 4.69) is 31.2 Å². The molecule has 2 aromatic carbocycles. The normalized spacial score (nSPS) is 12.6. The lowest BCUT2D eigenvalue weighted by Crippen LogP contribution is -2.26. The van der Waals surface area contributed by atoms with E-state index in [9.17, 15) is 0 Å². The minimum Gasteiger partial charge on any atom is -0.489 e. The average Bonchev–Trinajstić information content (AvgIpc) is 2.38. The fourth-order valence-corrected chi connectivity index (χ4v) is 1.98. The molecule has 0 bridgehead atoms. The molecule has 0 aliphatic heterocycles. The quantitative estimate of drug-likeness (QED) is 0.853. The van der Waals surface area contributed by atoms with Gasteiger partial charge in [0.1, 0.15) is 11.9 Å². The third kappa shape index (κ3) is 2.98. The fourth-order valence-electron chi connectivity index (χ4n) is 1.98. The maximum atomic E-state index is 5.89. The zero-order valence-corrected chi connectivity index (χ0v) is 10.2. The number of fused-ring (bicyclic) bond motifs is 1. The van der Waals surface area contributed by atoms with Crippen LogP contribution in [0.1, 0.15) is 19.8 Å². The molecule has 2 aromatic rings. The molecule has 0 saturated carbocycles. The molecule has 2 nitrogen and oxygen atoms in total. The molecular formula is C15H19NO. The smallest absolute Gasteiger partial charge is 0.120 e. The average molecular weight is 229 g/mol. The van der Waals surface area contributed by atoms with E-state index in [0.29, 0.717) is 6.54 Å². The Labute approximate surface area is 102 Å². The Morgan fingerprint density at radius 1 is 1.12 bits per heavy atom. The molecular weight excluding hydrogens is 210 g/mol. The van der Waals surface area contributed by atoms with E-state index < -0.39 is 0 Å². The van der Waals surface area contributed by atoms with Crippen LogP contribution in [0.2, 0.25) is 0 Å². The highest BCUT2D eigenvalue weighted by atomic mass is 16.5. The Kier molecular flexibility index (Phi) is 3.99. The van der Waals surface area contributed by atoms with Crippen LogP contribution in [-0.2, 0) is 0 Å². The van der Waals surface area contributed by atoms with E-state index in [1.807, 2.05) is 18.2 Å². The first-order valence-electron chi connectivity index (χ1n) is 6.19. The molecule has 1 atom stereocenters. The number of hydrogen-bond donors (Lipinski definition) is 1. The Balaban J connectivity index is 2.18. The fraction of sp³-hybridized carbons (Fsp3) is 0.333. The molecule has 0 heterocycles. The molecule has 0 aromatic heterocycles. The van der Waals surface area contributed by atoms with Crippen molar-refractivity contribution in [2.45, 2.75) is 25.9 Å². The second-order valence-electron chi connectivity index (χ2n) is 4.27. The summed E-state index contributed by atoms with van der Waals surface area (Å²) in [5, 5.41) is 2.44. The molecule has 2 N–H and O–H groups in total. The molecule has 2 heteroatoms. The molecule has 1 unspecified atom stereocenters. The molecule has 0 spiro atoms. The Morgan fingerprint density at radius 2 is 1.88 bits per heavy atom. The molecule has 0 saturated heterocycles. The van der Waals surface area contributed by atoms with Crippen LogP contribution in [0.4, 0.5) is 0 Å². The first kappa shape index (κ1) is 11.9. The van der Waals surface area contributed by atoms with Crippen molar-refractivity contribution in [3.8, 4) is 5.75 Å². The standard InChI is InChI=1S/C15H19NO/c1-2-5-15(11-16)17-14-9-8-12-6-3-4-7-13(12)10-14/h3-4,6-10,15H,2,5,11,16H2,1H3. The third-order valence-corrected chi connectivity index (χ3v) is 2.90. The number of ether oxygens (including phenoxy) is 1. The lowest BCUT2D eigenvalue weighted by Gasteiger charge is -2.16. The zero-order valence-electron chi connectivity index (χ0n) is 10.2. The molecule has 2 rings (SSSR count). The van der Waals surface area contributed by atoms with Crippen LogP contribution in [-0.4, -0.2) is 12.6 Å². The van der Waals surface area contributed by atoms with Gasteiger partial charge in [0.05, 0.1) is 0 Å². The second-order valence-corrected chi connectivity index (χ2v) is 4.27. The van der Waals surface area contributed by atoms with Gasteiger partial charge in [-0.15, -0.1) is 0 Å². The Bertz CT molecular complexity index is 481. The van der Waals surface area contributed by atoms with E-state index in [1.54, 1.807) is 0 Å². The summed E-state index contributed by atoms with van der Waals surface area (Å²) in [5.41, 5.74) is 5.69. The van der Waals surface area contributed by atoms with Crippen molar-refractivity contribution in [1.82, 2.24) is 0 Å². The molecule has 0 radical (unpaired) electrons. The number of benzene rings is 2.